The second kappa shape index (κ2) is 6.19. The van der Waals surface area contributed by atoms with Crippen LogP contribution in [0, 0.1) is 0 Å². The quantitative estimate of drug-likeness (QED) is 0.687. The van der Waals surface area contributed by atoms with E-state index < -0.39 is 0 Å². The van der Waals surface area contributed by atoms with Crippen LogP contribution in [0.2, 0.25) is 0 Å². The number of H-pyrrole nitrogens is 1. The molecule has 1 heterocycles. The van der Waals surface area contributed by atoms with Crippen LogP contribution in [0.4, 0.5) is 0 Å². The fourth-order valence-electron chi connectivity index (χ4n) is 1.95. The second-order valence-electron chi connectivity index (χ2n) is 4.58. The van der Waals surface area contributed by atoms with Crippen molar-refractivity contribution in [3.05, 3.63) is 57.9 Å². The van der Waals surface area contributed by atoms with Crippen LogP contribution < -0.4 is 5.56 Å². The Balaban J connectivity index is 2.18. The standard InChI is InChI=1S/C16H17NO3/c1-3-6-11(2)16(19)20-10-13-9-12-7-4-5-8-14(12)17-15(13)18/h4-9H,3,10H2,1-2H3,(H,17,18)/b11-6-. The average Bonchev–Trinajstić information content (AvgIpc) is 2.45. The summed E-state index contributed by atoms with van der Waals surface area (Å²) in [5.41, 5.74) is 1.55. The Kier molecular flexibility index (Phi) is 4.35. The Labute approximate surface area is 117 Å². The van der Waals surface area contributed by atoms with E-state index in [0.29, 0.717) is 11.1 Å². The van der Waals surface area contributed by atoms with Gasteiger partial charge in [-0.1, -0.05) is 31.2 Å². The highest BCUT2D eigenvalue weighted by molar-refractivity contribution is 5.87. The summed E-state index contributed by atoms with van der Waals surface area (Å²) in [5, 5.41) is 0.916. The molecule has 0 saturated heterocycles. The molecule has 1 N–H and O–H groups in total. The largest absolute Gasteiger partial charge is 0.457 e. The van der Waals surface area contributed by atoms with Crippen molar-refractivity contribution >= 4 is 16.9 Å². The number of allylic oxidation sites excluding steroid dienone is 1. The van der Waals surface area contributed by atoms with Crippen molar-refractivity contribution < 1.29 is 9.53 Å². The van der Waals surface area contributed by atoms with Gasteiger partial charge in [0.05, 0.1) is 5.56 Å². The topological polar surface area (TPSA) is 59.2 Å². The lowest BCUT2D eigenvalue weighted by molar-refractivity contribution is -0.140. The number of aromatic nitrogens is 1. The molecule has 0 fully saturated rings. The van der Waals surface area contributed by atoms with Gasteiger partial charge in [-0.3, -0.25) is 4.79 Å². The Morgan fingerprint density at radius 1 is 1.35 bits per heavy atom. The first-order valence-electron chi connectivity index (χ1n) is 6.56. The van der Waals surface area contributed by atoms with Gasteiger partial charge < -0.3 is 9.72 Å². The number of pyridine rings is 1. The van der Waals surface area contributed by atoms with E-state index in [2.05, 4.69) is 4.98 Å². The Bertz CT molecular complexity index is 713. The third-order valence-corrected chi connectivity index (χ3v) is 3.02. The minimum atomic E-state index is -0.389. The van der Waals surface area contributed by atoms with Crippen LogP contribution >= 0.6 is 0 Å². The van der Waals surface area contributed by atoms with E-state index in [1.165, 1.54) is 0 Å². The van der Waals surface area contributed by atoms with Crippen LogP contribution in [-0.4, -0.2) is 11.0 Å². The smallest absolute Gasteiger partial charge is 0.333 e. The predicted octanol–water partition coefficient (Wildman–Crippen LogP) is 2.93. The van der Waals surface area contributed by atoms with Crippen molar-refractivity contribution in [3.8, 4) is 0 Å². The number of fused-ring (bicyclic) bond motifs is 1. The molecule has 0 radical (unpaired) electrons. The lowest BCUT2D eigenvalue weighted by Crippen LogP contribution is -2.15. The minimum Gasteiger partial charge on any atom is -0.457 e. The molecule has 0 aliphatic heterocycles. The summed E-state index contributed by atoms with van der Waals surface area (Å²) in [6.07, 6.45) is 2.57. The Morgan fingerprint density at radius 3 is 2.85 bits per heavy atom. The Morgan fingerprint density at radius 2 is 2.10 bits per heavy atom. The third-order valence-electron chi connectivity index (χ3n) is 3.02. The fourth-order valence-corrected chi connectivity index (χ4v) is 1.95. The number of ether oxygens (including phenoxy) is 1. The van der Waals surface area contributed by atoms with E-state index in [4.69, 9.17) is 4.74 Å². The van der Waals surface area contributed by atoms with E-state index >= 15 is 0 Å². The van der Waals surface area contributed by atoms with Gasteiger partial charge in [0, 0.05) is 11.1 Å². The summed E-state index contributed by atoms with van der Waals surface area (Å²) in [5.74, 6) is -0.389. The van der Waals surface area contributed by atoms with Crippen molar-refractivity contribution in [1.29, 1.82) is 0 Å². The van der Waals surface area contributed by atoms with Gasteiger partial charge in [-0.25, -0.2) is 4.79 Å². The van der Waals surface area contributed by atoms with Gasteiger partial charge in [0.2, 0.25) is 0 Å². The van der Waals surface area contributed by atoms with Gasteiger partial charge in [0.1, 0.15) is 6.61 Å². The molecular formula is C16H17NO3. The normalized spacial score (nSPS) is 11.6. The lowest BCUT2D eigenvalue weighted by Gasteiger charge is -2.06. The molecule has 0 spiro atoms. The van der Waals surface area contributed by atoms with Gasteiger partial charge in [0.25, 0.3) is 5.56 Å². The fraction of sp³-hybridized carbons (Fsp3) is 0.250. The summed E-state index contributed by atoms with van der Waals surface area (Å²) in [6, 6.07) is 9.24. The van der Waals surface area contributed by atoms with Gasteiger partial charge in [-0.2, -0.15) is 0 Å². The summed E-state index contributed by atoms with van der Waals surface area (Å²) in [4.78, 5) is 26.3. The van der Waals surface area contributed by atoms with Crippen molar-refractivity contribution in [2.24, 2.45) is 0 Å². The highest BCUT2D eigenvalue weighted by Gasteiger charge is 2.08. The number of rotatable bonds is 4. The molecule has 1 aromatic carbocycles. The maximum Gasteiger partial charge on any atom is 0.333 e. The van der Waals surface area contributed by atoms with E-state index in [-0.39, 0.29) is 18.1 Å². The maximum absolute atomic E-state index is 11.9. The number of esters is 1. The van der Waals surface area contributed by atoms with E-state index in [1.807, 2.05) is 31.2 Å². The third kappa shape index (κ3) is 3.15. The lowest BCUT2D eigenvalue weighted by atomic mass is 10.1. The van der Waals surface area contributed by atoms with Crippen molar-refractivity contribution in [3.63, 3.8) is 0 Å². The molecule has 20 heavy (non-hydrogen) atoms. The number of nitrogens with one attached hydrogen (secondary N) is 1. The molecule has 0 atom stereocenters. The average molecular weight is 271 g/mol. The van der Waals surface area contributed by atoms with Crippen LogP contribution in [0.3, 0.4) is 0 Å². The maximum atomic E-state index is 11.9. The van der Waals surface area contributed by atoms with E-state index in [1.54, 1.807) is 19.1 Å². The zero-order valence-electron chi connectivity index (χ0n) is 11.6. The molecule has 4 heteroatoms. The first kappa shape index (κ1) is 14.1. The first-order chi connectivity index (χ1) is 9.61. The minimum absolute atomic E-state index is 0.0199. The van der Waals surface area contributed by atoms with Crippen molar-refractivity contribution in [2.75, 3.05) is 0 Å². The van der Waals surface area contributed by atoms with Gasteiger partial charge in [-0.15, -0.1) is 0 Å². The first-order valence-corrected chi connectivity index (χ1v) is 6.56. The van der Waals surface area contributed by atoms with Gasteiger partial charge >= 0.3 is 5.97 Å². The molecule has 0 aliphatic carbocycles. The number of carbonyl (C=O) groups is 1. The number of para-hydroxylation sites is 1. The molecule has 0 saturated carbocycles. The summed E-state index contributed by atoms with van der Waals surface area (Å²) in [7, 11) is 0. The zero-order chi connectivity index (χ0) is 14.5. The molecule has 104 valence electrons. The molecule has 0 unspecified atom stereocenters. The summed E-state index contributed by atoms with van der Waals surface area (Å²) >= 11 is 0. The molecule has 0 amide bonds. The molecule has 2 aromatic rings. The molecule has 0 aliphatic rings. The summed E-state index contributed by atoms with van der Waals surface area (Å²) in [6.45, 7) is 3.63. The van der Waals surface area contributed by atoms with Crippen LogP contribution in [0.1, 0.15) is 25.8 Å². The molecule has 2 rings (SSSR count). The Hall–Kier alpha value is -2.36. The van der Waals surface area contributed by atoms with Crippen molar-refractivity contribution in [1.82, 2.24) is 4.98 Å². The molecule has 4 nitrogen and oxygen atoms in total. The zero-order valence-corrected chi connectivity index (χ0v) is 11.6. The summed E-state index contributed by atoms with van der Waals surface area (Å²) < 4.78 is 5.14. The van der Waals surface area contributed by atoms with Gasteiger partial charge in [0.15, 0.2) is 0 Å². The van der Waals surface area contributed by atoms with Crippen LogP contribution in [0.5, 0.6) is 0 Å². The number of hydrogen-bond donors (Lipinski definition) is 1. The highest BCUT2D eigenvalue weighted by atomic mass is 16.5. The SMILES string of the molecule is CC/C=C(/C)C(=O)OCc1cc2ccccc2[nH]c1=O. The van der Waals surface area contributed by atoms with Crippen LogP contribution in [0.15, 0.2) is 46.8 Å². The van der Waals surface area contributed by atoms with E-state index in [9.17, 15) is 9.59 Å². The number of aromatic amines is 1. The van der Waals surface area contributed by atoms with Gasteiger partial charge in [-0.05, 0) is 30.9 Å². The second-order valence-corrected chi connectivity index (χ2v) is 4.58. The number of hydrogen-bond acceptors (Lipinski definition) is 3. The number of benzene rings is 1. The van der Waals surface area contributed by atoms with E-state index in [0.717, 1.165) is 17.3 Å². The van der Waals surface area contributed by atoms with Crippen LogP contribution in [-0.2, 0) is 16.1 Å². The molecule has 1 aromatic heterocycles. The highest BCUT2D eigenvalue weighted by Crippen LogP contribution is 2.11. The van der Waals surface area contributed by atoms with Crippen molar-refractivity contribution in [2.45, 2.75) is 26.9 Å². The molecular weight excluding hydrogens is 254 g/mol. The predicted molar refractivity (Wildman–Crippen MR) is 78.4 cm³/mol. The number of carbonyl (C=O) groups excluding carboxylic acids is 1. The monoisotopic (exact) mass is 271 g/mol. The molecule has 0 bridgehead atoms. The van der Waals surface area contributed by atoms with Crippen LogP contribution in [0.25, 0.3) is 10.9 Å².